The minimum absolute atomic E-state index is 0.0353. The lowest BCUT2D eigenvalue weighted by Gasteiger charge is -2.27. The lowest BCUT2D eigenvalue weighted by Crippen LogP contribution is -2.34. The molecule has 1 aliphatic rings. The van der Waals surface area contributed by atoms with E-state index in [1.807, 2.05) is 6.92 Å². The molecule has 1 fully saturated rings. The summed E-state index contributed by atoms with van der Waals surface area (Å²) < 4.78 is 11.1. The van der Waals surface area contributed by atoms with E-state index in [4.69, 9.17) is 21.1 Å². The monoisotopic (exact) mass is 472 g/mol. The molecule has 1 aliphatic carbocycles. The number of esters is 1. The second-order valence-corrected chi connectivity index (χ2v) is 8.32. The Morgan fingerprint density at radius 2 is 1.36 bits per heavy atom. The fourth-order valence-corrected chi connectivity index (χ4v) is 3.84. The first-order chi connectivity index (χ1) is 16.0. The number of ether oxygens (including phenoxy) is 2. The van der Waals surface area contributed by atoms with Crippen molar-refractivity contribution in [2.45, 2.75) is 38.7 Å². The fraction of sp³-hybridized carbons (Fsp3) is 0.400. The van der Waals surface area contributed by atoms with Crippen molar-refractivity contribution in [1.82, 2.24) is 10.6 Å². The van der Waals surface area contributed by atoms with E-state index in [1.54, 1.807) is 48.5 Å². The van der Waals surface area contributed by atoms with E-state index in [1.165, 1.54) is 0 Å². The van der Waals surface area contributed by atoms with Gasteiger partial charge >= 0.3 is 5.97 Å². The van der Waals surface area contributed by atoms with Gasteiger partial charge in [-0.05, 0) is 81.1 Å². The maximum absolute atomic E-state index is 12.3. The van der Waals surface area contributed by atoms with Crippen LogP contribution >= 0.6 is 11.6 Å². The van der Waals surface area contributed by atoms with Crippen LogP contribution in [0.4, 0.5) is 0 Å². The molecule has 33 heavy (non-hydrogen) atoms. The van der Waals surface area contributed by atoms with Crippen molar-refractivity contribution in [1.29, 1.82) is 0 Å². The second kappa shape index (κ2) is 12.3. The first-order valence-corrected chi connectivity index (χ1v) is 11.6. The number of amides is 2. The van der Waals surface area contributed by atoms with Gasteiger partial charge in [0.1, 0.15) is 5.75 Å². The Labute approximate surface area is 198 Å². The third kappa shape index (κ3) is 7.49. The van der Waals surface area contributed by atoms with Crippen LogP contribution in [0, 0.1) is 5.92 Å². The van der Waals surface area contributed by atoms with Crippen LogP contribution in [-0.4, -0.2) is 43.6 Å². The molecule has 0 aromatic heterocycles. The van der Waals surface area contributed by atoms with Gasteiger partial charge in [-0.3, -0.25) is 14.4 Å². The van der Waals surface area contributed by atoms with E-state index < -0.39 is 0 Å². The number of rotatable bonds is 9. The van der Waals surface area contributed by atoms with Crippen LogP contribution in [0.1, 0.15) is 53.3 Å². The van der Waals surface area contributed by atoms with Gasteiger partial charge in [0.05, 0.1) is 18.6 Å². The summed E-state index contributed by atoms with van der Waals surface area (Å²) in [5, 5.41) is 6.10. The topological polar surface area (TPSA) is 93.7 Å². The van der Waals surface area contributed by atoms with Crippen LogP contribution in [0.5, 0.6) is 5.75 Å². The molecular formula is C25H29ClN2O5. The molecule has 0 spiro atoms. The predicted molar refractivity (Wildman–Crippen MR) is 126 cm³/mol. The Morgan fingerprint density at radius 3 is 1.88 bits per heavy atom. The molecule has 2 amide bonds. The Kier molecular flexibility index (Phi) is 9.13. The highest BCUT2D eigenvalue weighted by atomic mass is 35.5. The summed E-state index contributed by atoms with van der Waals surface area (Å²) in [7, 11) is 0. The molecule has 2 N–H and O–H groups in total. The summed E-state index contributed by atoms with van der Waals surface area (Å²) in [6, 6.07) is 13.6. The average molecular weight is 473 g/mol. The van der Waals surface area contributed by atoms with Gasteiger partial charge in [-0.25, -0.2) is 0 Å². The lowest BCUT2D eigenvalue weighted by molar-refractivity contribution is -0.149. The zero-order chi connectivity index (χ0) is 23.6. The molecule has 176 valence electrons. The molecule has 0 atom stereocenters. The number of nitrogens with one attached hydrogen (secondary N) is 2. The molecule has 0 heterocycles. The standard InChI is InChI=1S/C25H29ClN2O5/c1-2-32-25(31)19-7-13-22(14-8-19)33-21-11-5-18(6-12-21)24(30)28-16-15-27-23(29)17-3-9-20(26)10-4-17/h3-6,9-12,19,22H,2,7-8,13-16H2,1H3,(H,27,29)(H,28,30). The highest BCUT2D eigenvalue weighted by molar-refractivity contribution is 6.30. The van der Waals surface area contributed by atoms with E-state index in [2.05, 4.69) is 10.6 Å². The first kappa shape index (κ1) is 24.6. The summed E-state index contributed by atoms with van der Waals surface area (Å²) in [6.07, 6.45) is 3.18. The van der Waals surface area contributed by atoms with E-state index in [-0.39, 0.29) is 29.8 Å². The molecule has 0 unspecified atom stereocenters. The summed E-state index contributed by atoms with van der Waals surface area (Å²) in [5.41, 5.74) is 1.02. The lowest BCUT2D eigenvalue weighted by atomic mass is 9.87. The van der Waals surface area contributed by atoms with Crippen molar-refractivity contribution < 1.29 is 23.9 Å². The van der Waals surface area contributed by atoms with E-state index in [9.17, 15) is 14.4 Å². The summed E-state index contributed by atoms with van der Waals surface area (Å²) in [4.78, 5) is 36.2. The molecule has 8 heteroatoms. The van der Waals surface area contributed by atoms with E-state index in [0.29, 0.717) is 41.6 Å². The molecule has 0 aliphatic heterocycles. The fourth-order valence-electron chi connectivity index (χ4n) is 3.71. The molecule has 2 aromatic carbocycles. The Bertz CT molecular complexity index is 938. The van der Waals surface area contributed by atoms with Crippen LogP contribution in [0.25, 0.3) is 0 Å². The number of hydrogen-bond donors (Lipinski definition) is 2. The largest absolute Gasteiger partial charge is 0.490 e. The Morgan fingerprint density at radius 1 is 0.848 bits per heavy atom. The van der Waals surface area contributed by atoms with Gasteiger partial charge in [0.2, 0.25) is 0 Å². The zero-order valence-electron chi connectivity index (χ0n) is 18.6. The van der Waals surface area contributed by atoms with Crippen LogP contribution in [-0.2, 0) is 9.53 Å². The van der Waals surface area contributed by atoms with Gasteiger partial charge in [0.25, 0.3) is 11.8 Å². The number of hydrogen-bond acceptors (Lipinski definition) is 5. The summed E-state index contributed by atoms with van der Waals surface area (Å²) >= 11 is 5.82. The van der Waals surface area contributed by atoms with Gasteiger partial charge in [-0.1, -0.05) is 11.6 Å². The van der Waals surface area contributed by atoms with Crippen LogP contribution in [0.2, 0.25) is 5.02 Å². The van der Waals surface area contributed by atoms with Crippen molar-refractivity contribution in [2.75, 3.05) is 19.7 Å². The van der Waals surface area contributed by atoms with Crippen molar-refractivity contribution >= 4 is 29.4 Å². The van der Waals surface area contributed by atoms with Gasteiger partial charge < -0.3 is 20.1 Å². The van der Waals surface area contributed by atoms with Gasteiger partial charge in [-0.2, -0.15) is 0 Å². The SMILES string of the molecule is CCOC(=O)C1CCC(Oc2ccc(C(=O)NCCNC(=O)c3ccc(Cl)cc3)cc2)CC1. The van der Waals surface area contributed by atoms with Crippen molar-refractivity contribution in [3.63, 3.8) is 0 Å². The van der Waals surface area contributed by atoms with Crippen molar-refractivity contribution in [3.05, 3.63) is 64.7 Å². The van der Waals surface area contributed by atoms with Crippen LogP contribution in [0.3, 0.4) is 0 Å². The normalized spacial score (nSPS) is 17.6. The molecule has 0 radical (unpaired) electrons. The third-order valence-electron chi connectivity index (χ3n) is 5.52. The molecule has 3 rings (SSSR count). The maximum atomic E-state index is 12.3. The molecular weight excluding hydrogens is 444 g/mol. The zero-order valence-corrected chi connectivity index (χ0v) is 19.4. The predicted octanol–water partition coefficient (Wildman–Crippen LogP) is 4.00. The molecule has 1 saturated carbocycles. The highest BCUT2D eigenvalue weighted by Gasteiger charge is 2.28. The minimum Gasteiger partial charge on any atom is -0.490 e. The smallest absolute Gasteiger partial charge is 0.308 e. The Balaban J connectivity index is 1.37. The number of carbonyl (C=O) groups excluding carboxylic acids is 3. The summed E-state index contributed by atoms with van der Waals surface area (Å²) in [5.74, 6) is 0.0972. The molecule has 2 aromatic rings. The number of benzene rings is 2. The average Bonchev–Trinajstić information content (AvgIpc) is 2.83. The van der Waals surface area contributed by atoms with Gasteiger partial charge in [-0.15, -0.1) is 0 Å². The maximum Gasteiger partial charge on any atom is 0.308 e. The molecule has 0 bridgehead atoms. The van der Waals surface area contributed by atoms with Gasteiger partial charge in [0.15, 0.2) is 0 Å². The second-order valence-electron chi connectivity index (χ2n) is 7.89. The quantitative estimate of drug-likeness (QED) is 0.425. The third-order valence-corrected chi connectivity index (χ3v) is 5.77. The highest BCUT2D eigenvalue weighted by Crippen LogP contribution is 2.28. The number of carbonyl (C=O) groups is 3. The van der Waals surface area contributed by atoms with Gasteiger partial charge in [0, 0.05) is 29.2 Å². The number of halogens is 1. The van der Waals surface area contributed by atoms with Crippen LogP contribution in [0.15, 0.2) is 48.5 Å². The molecule has 0 saturated heterocycles. The van der Waals surface area contributed by atoms with E-state index in [0.717, 1.165) is 25.7 Å². The first-order valence-electron chi connectivity index (χ1n) is 11.2. The van der Waals surface area contributed by atoms with Crippen LogP contribution < -0.4 is 15.4 Å². The minimum atomic E-state index is -0.225. The molecule has 7 nitrogen and oxygen atoms in total. The van der Waals surface area contributed by atoms with Crippen molar-refractivity contribution in [2.24, 2.45) is 5.92 Å². The Hall–Kier alpha value is -3.06. The van der Waals surface area contributed by atoms with E-state index >= 15 is 0 Å². The van der Waals surface area contributed by atoms with Crippen molar-refractivity contribution in [3.8, 4) is 5.75 Å². The summed E-state index contributed by atoms with van der Waals surface area (Å²) in [6.45, 7) is 2.84.